The lowest BCUT2D eigenvalue weighted by atomic mass is 9.86. The molecule has 0 unspecified atom stereocenters. The minimum atomic E-state index is -3.55. The number of nitrogens with one attached hydrogen (secondary N) is 2. The largest absolute Gasteiger partial charge is 0.368 e. The number of fused-ring (bicyclic) bond motifs is 1. The molecule has 0 aliphatic heterocycles. The molecule has 21 heavy (non-hydrogen) atoms. The molecule has 0 saturated heterocycles. The van der Waals surface area contributed by atoms with Gasteiger partial charge in [-0.25, -0.2) is 18.1 Å². The third-order valence-electron chi connectivity index (χ3n) is 3.80. The van der Waals surface area contributed by atoms with Crippen molar-refractivity contribution in [1.29, 1.82) is 0 Å². The van der Waals surface area contributed by atoms with E-state index in [1.807, 2.05) is 12.3 Å². The molecule has 0 spiro atoms. The zero-order valence-electron chi connectivity index (χ0n) is 12.0. The number of anilines is 1. The Morgan fingerprint density at radius 1 is 1.48 bits per heavy atom. The topological polar surface area (TPSA) is 75.5 Å². The average Bonchev–Trinajstić information content (AvgIpc) is 2.93. The molecule has 0 amide bonds. The Morgan fingerprint density at radius 3 is 2.95 bits per heavy atom. The number of sulfonamides is 1. The normalized spacial score (nSPS) is 16.2. The summed E-state index contributed by atoms with van der Waals surface area (Å²) in [4.78, 5) is 5.08. The molecule has 6 nitrogen and oxygen atoms in total. The summed E-state index contributed by atoms with van der Waals surface area (Å²) >= 11 is 1.43. The Labute approximate surface area is 128 Å². The molecule has 0 atom stereocenters. The third kappa shape index (κ3) is 2.93. The van der Waals surface area contributed by atoms with Crippen molar-refractivity contribution >= 4 is 32.1 Å². The minimum absolute atomic E-state index is 0.228. The zero-order valence-corrected chi connectivity index (χ0v) is 13.6. The molecule has 0 aromatic carbocycles. The van der Waals surface area contributed by atoms with Crippen LogP contribution in [0.15, 0.2) is 16.6 Å². The van der Waals surface area contributed by atoms with Gasteiger partial charge in [-0.15, -0.1) is 11.3 Å². The van der Waals surface area contributed by atoms with Crippen LogP contribution in [0.4, 0.5) is 5.82 Å². The SMILES string of the molecule is CCCNc1nc2sccn2c1S(=O)(=O)NCC1CCC1. The summed E-state index contributed by atoms with van der Waals surface area (Å²) in [7, 11) is -3.55. The molecular formula is C13H20N4O2S2. The monoisotopic (exact) mass is 328 g/mol. The summed E-state index contributed by atoms with van der Waals surface area (Å²) in [5.41, 5.74) is 0. The summed E-state index contributed by atoms with van der Waals surface area (Å²) in [6, 6.07) is 0. The molecule has 1 aliphatic rings. The molecule has 8 heteroatoms. The van der Waals surface area contributed by atoms with Gasteiger partial charge in [0.15, 0.2) is 15.8 Å². The fourth-order valence-corrected chi connectivity index (χ4v) is 4.52. The number of hydrogen-bond donors (Lipinski definition) is 2. The summed E-state index contributed by atoms with van der Waals surface area (Å²) in [6.07, 6.45) is 6.10. The maximum Gasteiger partial charge on any atom is 0.260 e. The van der Waals surface area contributed by atoms with Crippen molar-refractivity contribution in [2.75, 3.05) is 18.4 Å². The summed E-state index contributed by atoms with van der Waals surface area (Å²) in [5.74, 6) is 0.933. The Hall–Kier alpha value is -1.12. The van der Waals surface area contributed by atoms with Gasteiger partial charge in [-0.05, 0) is 25.2 Å². The number of hydrogen-bond acceptors (Lipinski definition) is 5. The van der Waals surface area contributed by atoms with Crippen LogP contribution < -0.4 is 10.0 Å². The van der Waals surface area contributed by atoms with Crippen LogP contribution in [0, 0.1) is 5.92 Å². The number of aromatic nitrogens is 2. The van der Waals surface area contributed by atoms with Crippen LogP contribution in [-0.4, -0.2) is 30.9 Å². The maximum atomic E-state index is 12.6. The number of rotatable bonds is 7. The number of imidazole rings is 1. The van der Waals surface area contributed by atoms with Gasteiger partial charge in [-0.3, -0.25) is 4.40 Å². The highest BCUT2D eigenvalue weighted by Crippen LogP contribution is 2.28. The van der Waals surface area contributed by atoms with Gasteiger partial charge in [0.05, 0.1) is 0 Å². The Kier molecular flexibility index (Phi) is 4.19. The van der Waals surface area contributed by atoms with E-state index in [2.05, 4.69) is 15.0 Å². The fraction of sp³-hybridized carbons (Fsp3) is 0.615. The van der Waals surface area contributed by atoms with Crippen molar-refractivity contribution in [2.24, 2.45) is 5.92 Å². The first kappa shape index (κ1) is 14.8. The predicted octanol–water partition coefficient (Wildman–Crippen LogP) is 2.30. The lowest BCUT2D eigenvalue weighted by Gasteiger charge is -2.25. The van der Waals surface area contributed by atoms with E-state index in [1.54, 1.807) is 10.6 Å². The van der Waals surface area contributed by atoms with Crippen LogP contribution in [0.5, 0.6) is 0 Å². The first-order valence-corrected chi connectivity index (χ1v) is 9.67. The molecule has 2 heterocycles. The van der Waals surface area contributed by atoms with Crippen LogP contribution >= 0.6 is 11.3 Å². The highest BCUT2D eigenvalue weighted by atomic mass is 32.2. The highest BCUT2D eigenvalue weighted by molar-refractivity contribution is 7.89. The van der Waals surface area contributed by atoms with E-state index < -0.39 is 10.0 Å². The predicted molar refractivity (Wildman–Crippen MR) is 84.4 cm³/mol. The first-order valence-electron chi connectivity index (χ1n) is 7.31. The van der Waals surface area contributed by atoms with E-state index in [1.165, 1.54) is 17.8 Å². The number of thiazole rings is 1. The van der Waals surface area contributed by atoms with Gasteiger partial charge < -0.3 is 5.32 Å². The van der Waals surface area contributed by atoms with E-state index in [4.69, 9.17) is 0 Å². The highest BCUT2D eigenvalue weighted by Gasteiger charge is 2.27. The van der Waals surface area contributed by atoms with Crippen LogP contribution in [0.1, 0.15) is 32.6 Å². The van der Waals surface area contributed by atoms with Crippen molar-refractivity contribution in [3.05, 3.63) is 11.6 Å². The van der Waals surface area contributed by atoms with Crippen LogP contribution in [-0.2, 0) is 10.0 Å². The van der Waals surface area contributed by atoms with Gasteiger partial charge in [0.1, 0.15) is 0 Å². The second-order valence-corrected chi connectivity index (χ2v) is 7.95. The molecule has 2 N–H and O–H groups in total. The smallest absolute Gasteiger partial charge is 0.260 e. The van der Waals surface area contributed by atoms with E-state index in [9.17, 15) is 8.42 Å². The fourth-order valence-electron chi connectivity index (χ4n) is 2.37. The van der Waals surface area contributed by atoms with Crippen molar-refractivity contribution < 1.29 is 8.42 Å². The Morgan fingerprint density at radius 2 is 2.29 bits per heavy atom. The van der Waals surface area contributed by atoms with Crippen molar-refractivity contribution in [3.8, 4) is 0 Å². The molecule has 1 aliphatic carbocycles. The molecule has 0 radical (unpaired) electrons. The van der Waals surface area contributed by atoms with Gasteiger partial charge in [0.25, 0.3) is 10.0 Å². The lowest BCUT2D eigenvalue weighted by molar-refractivity contribution is 0.316. The Bertz CT molecular complexity index is 716. The van der Waals surface area contributed by atoms with Crippen molar-refractivity contribution in [3.63, 3.8) is 0 Å². The minimum Gasteiger partial charge on any atom is -0.368 e. The molecule has 0 bridgehead atoms. The lowest BCUT2D eigenvalue weighted by Crippen LogP contribution is -2.33. The maximum absolute atomic E-state index is 12.6. The second-order valence-electron chi connectivity index (χ2n) is 5.40. The molecule has 2 aromatic rings. The Balaban J connectivity index is 1.89. The first-order chi connectivity index (χ1) is 10.1. The number of nitrogens with zero attached hydrogens (tertiary/aromatic N) is 2. The molecule has 2 aromatic heterocycles. The molecule has 3 rings (SSSR count). The van der Waals surface area contributed by atoms with Crippen LogP contribution in [0.2, 0.25) is 0 Å². The van der Waals surface area contributed by atoms with E-state index in [0.29, 0.717) is 29.8 Å². The standard InChI is InChI=1S/C13H20N4O2S2/c1-2-6-14-11-12(17-7-8-20-13(17)16-11)21(18,19)15-9-10-4-3-5-10/h7-8,10,14-15H,2-6,9H2,1H3. The van der Waals surface area contributed by atoms with Crippen molar-refractivity contribution in [1.82, 2.24) is 14.1 Å². The van der Waals surface area contributed by atoms with Gasteiger partial charge in [0.2, 0.25) is 0 Å². The quantitative estimate of drug-likeness (QED) is 0.818. The van der Waals surface area contributed by atoms with Crippen molar-refractivity contribution in [2.45, 2.75) is 37.6 Å². The van der Waals surface area contributed by atoms with Crippen LogP contribution in [0.25, 0.3) is 4.96 Å². The summed E-state index contributed by atoms with van der Waals surface area (Å²) < 4.78 is 29.6. The summed E-state index contributed by atoms with van der Waals surface area (Å²) in [6.45, 7) is 3.26. The van der Waals surface area contributed by atoms with Gasteiger partial charge in [0, 0.05) is 24.7 Å². The molecule has 116 valence electrons. The summed E-state index contributed by atoms with van der Waals surface area (Å²) in [5, 5.41) is 5.19. The van der Waals surface area contributed by atoms with Gasteiger partial charge in [-0.2, -0.15) is 0 Å². The molecular weight excluding hydrogens is 308 g/mol. The van der Waals surface area contributed by atoms with Gasteiger partial charge in [-0.1, -0.05) is 13.3 Å². The third-order valence-corrected chi connectivity index (χ3v) is 6.00. The van der Waals surface area contributed by atoms with Crippen LogP contribution in [0.3, 0.4) is 0 Å². The van der Waals surface area contributed by atoms with E-state index in [0.717, 1.165) is 19.3 Å². The molecule has 1 saturated carbocycles. The van der Waals surface area contributed by atoms with E-state index >= 15 is 0 Å². The zero-order chi connectivity index (χ0) is 14.9. The van der Waals surface area contributed by atoms with Gasteiger partial charge >= 0.3 is 0 Å². The van der Waals surface area contributed by atoms with E-state index in [-0.39, 0.29) is 5.03 Å². The second kappa shape index (κ2) is 5.94. The molecule has 1 fully saturated rings. The average molecular weight is 328 g/mol.